The molecule has 8 nitrogen and oxygen atoms in total. The molecule has 0 N–H and O–H groups in total. The maximum atomic E-state index is 12.0. The molecular formula is C33H28O8. The van der Waals surface area contributed by atoms with Gasteiger partial charge >= 0.3 is 17.9 Å². The summed E-state index contributed by atoms with van der Waals surface area (Å²) >= 11 is 0. The van der Waals surface area contributed by atoms with Crippen LogP contribution in [0.2, 0.25) is 0 Å². The highest BCUT2D eigenvalue weighted by Crippen LogP contribution is 2.38. The van der Waals surface area contributed by atoms with Gasteiger partial charge in [0.05, 0.1) is 7.11 Å². The van der Waals surface area contributed by atoms with E-state index in [0.29, 0.717) is 40.2 Å². The number of hydrogen-bond acceptors (Lipinski definition) is 8. The van der Waals surface area contributed by atoms with E-state index >= 15 is 0 Å². The van der Waals surface area contributed by atoms with Crippen molar-refractivity contribution in [2.75, 3.05) is 7.11 Å². The monoisotopic (exact) mass is 552 g/mol. The van der Waals surface area contributed by atoms with Crippen molar-refractivity contribution < 1.29 is 38.1 Å². The Morgan fingerprint density at radius 3 is 1.61 bits per heavy atom. The summed E-state index contributed by atoms with van der Waals surface area (Å²) in [5, 5.41) is 0. The fraction of sp³-hybridized carbons (Fsp3) is 0.0303. The van der Waals surface area contributed by atoms with Crippen molar-refractivity contribution in [2.45, 2.75) is 0 Å². The lowest BCUT2D eigenvalue weighted by atomic mass is 10.0. The van der Waals surface area contributed by atoms with Crippen molar-refractivity contribution in [3.8, 4) is 34.1 Å². The Balaban J connectivity index is 0.00000138. The van der Waals surface area contributed by atoms with Gasteiger partial charge in [-0.3, -0.25) is 4.79 Å². The summed E-state index contributed by atoms with van der Waals surface area (Å²) < 4.78 is 21.3. The van der Waals surface area contributed by atoms with Crippen molar-refractivity contribution in [3.05, 3.63) is 122 Å². The number of aldehydes is 1. The molecule has 8 heteroatoms. The molecule has 3 aromatic carbocycles. The van der Waals surface area contributed by atoms with Gasteiger partial charge in [0, 0.05) is 29.4 Å². The number of allylic oxidation sites excluding steroid dienone is 1. The molecule has 0 spiro atoms. The molecule has 0 bridgehead atoms. The number of carbonyl (C=O) groups excluding carboxylic acids is 4. The summed E-state index contributed by atoms with van der Waals surface area (Å²) in [6.45, 7) is 13.3. The fourth-order valence-electron chi connectivity index (χ4n) is 3.19. The first-order valence-electron chi connectivity index (χ1n) is 12.0. The topological polar surface area (TPSA) is 105 Å². The van der Waals surface area contributed by atoms with Gasteiger partial charge in [0.2, 0.25) is 0 Å². The Kier molecular flexibility index (Phi) is 12.5. The lowest BCUT2D eigenvalue weighted by Crippen LogP contribution is -2.05. The molecule has 0 heterocycles. The number of ether oxygens (including phenoxy) is 4. The molecule has 0 saturated heterocycles. The second kappa shape index (κ2) is 16.3. The van der Waals surface area contributed by atoms with Crippen LogP contribution in [0.15, 0.2) is 111 Å². The van der Waals surface area contributed by atoms with Gasteiger partial charge in [-0.15, -0.1) is 0 Å². The summed E-state index contributed by atoms with van der Waals surface area (Å²) in [6.07, 6.45) is 8.70. The van der Waals surface area contributed by atoms with Gasteiger partial charge in [-0.25, -0.2) is 14.4 Å². The van der Waals surface area contributed by atoms with Gasteiger partial charge in [0.15, 0.2) is 0 Å². The van der Waals surface area contributed by atoms with E-state index in [4.69, 9.17) is 23.7 Å². The number of rotatable bonds is 11. The third-order valence-electron chi connectivity index (χ3n) is 5.08. The quantitative estimate of drug-likeness (QED) is 0.0913. The van der Waals surface area contributed by atoms with Crippen LogP contribution in [-0.4, -0.2) is 31.3 Å². The second-order valence-electron chi connectivity index (χ2n) is 7.76. The standard InChI is InChI=1S/C30H24O7.C3H4O/c1-5-28(31)35-23-14-9-20(10-15-23)8-11-22-18-27(37-30(33)7-3)25(19-26(22)34-4)21-12-16-24(17-13-21)36-29(32)6-2;1-2-3-4/h5-19H,1-3H2,4H3;2-3H,1H2/b11-8+;. The fourth-order valence-corrected chi connectivity index (χ4v) is 3.19. The molecule has 0 radical (unpaired) electrons. The average molecular weight is 553 g/mol. The van der Waals surface area contributed by atoms with Gasteiger partial charge in [-0.1, -0.05) is 62.7 Å². The summed E-state index contributed by atoms with van der Waals surface area (Å²) in [4.78, 5) is 43.9. The van der Waals surface area contributed by atoms with E-state index < -0.39 is 17.9 Å². The predicted octanol–water partition coefficient (Wildman–Crippen LogP) is 6.18. The Morgan fingerprint density at radius 1 is 0.659 bits per heavy atom. The first-order chi connectivity index (χ1) is 19.8. The number of methoxy groups -OCH3 is 1. The number of benzene rings is 3. The zero-order chi connectivity index (χ0) is 30.2. The zero-order valence-electron chi connectivity index (χ0n) is 22.4. The van der Waals surface area contributed by atoms with Gasteiger partial charge in [0.25, 0.3) is 0 Å². The molecule has 208 valence electrons. The van der Waals surface area contributed by atoms with Crippen molar-refractivity contribution in [1.82, 2.24) is 0 Å². The minimum absolute atomic E-state index is 0.285. The Morgan fingerprint density at radius 2 is 1.15 bits per heavy atom. The van der Waals surface area contributed by atoms with Gasteiger partial charge in [-0.05, 0) is 53.6 Å². The van der Waals surface area contributed by atoms with Gasteiger partial charge in [0.1, 0.15) is 29.3 Å². The van der Waals surface area contributed by atoms with Crippen molar-refractivity contribution in [3.63, 3.8) is 0 Å². The largest absolute Gasteiger partial charge is 0.496 e. The summed E-state index contributed by atoms with van der Waals surface area (Å²) in [7, 11) is 1.53. The molecule has 0 saturated carbocycles. The lowest BCUT2D eigenvalue weighted by molar-refractivity contribution is -0.129. The molecule has 0 atom stereocenters. The Hall–Kier alpha value is -5.76. The first-order valence-corrected chi connectivity index (χ1v) is 12.0. The third-order valence-corrected chi connectivity index (χ3v) is 5.08. The van der Waals surface area contributed by atoms with Crippen LogP contribution < -0.4 is 18.9 Å². The van der Waals surface area contributed by atoms with E-state index in [9.17, 15) is 14.4 Å². The van der Waals surface area contributed by atoms with Crippen LogP contribution in [-0.2, 0) is 19.2 Å². The molecule has 0 amide bonds. The van der Waals surface area contributed by atoms with E-state index in [2.05, 4.69) is 26.3 Å². The Labute approximate surface area is 238 Å². The molecule has 41 heavy (non-hydrogen) atoms. The van der Waals surface area contributed by atoms with E-state index in [0.717, 1.165) is 23.8 Å². The van der Waals surface area contributed by atoms with E-state index in [1.54, 1.807) is 66.7 Å². The maximum Gasteiger partial charge on any atom is 0.335 e. The summed E-state index contributed by atoms with van der Waals surface area (Å²) in [5.74, 6) is -0.178. The van der Waals surface area contributed by atoms with Crippen LogP contribution in [0.3, 0.4) is 0 Å². The molecule has 0 aliphatic rings. The van der Waals surface area contributed by atoms with E-state index in [-0.39, 0.29) is 5.75 Å². The molecule has 0 aliphatic heterocycles. The predicted molar refractivity (Wildman–Crippen MR) is 158 cm³/mol. The maximum absolute atomic E-state index is 12.0. The Bertz CT molecular complexity index is 1460. The van der Waals surface area contributed by atoms with E-state index in [1.807, 2.05) is 6.08 Å². The van der Waals surface area contributed by atoms with Gasteiger partial charge in [-0.2, -0.15) is 0 Å². The molecule has 3 rings (SSSR count). The van der Waals surface area contributed by atoms with Crippen LogP contribution in [0, 0.1) is 0 Å². The SMILES string of the molecule is C=CC(=O)Oc1ccc(/C=C/c2cc(OC(=O)C=C)c(-c3ccc(OC(=O)C=C)cc3)cc2OC)cc1.C=CC=O. The normalized spacial score (nSPS) is 9.78. The molecule has 3 aromatic rings. The minimum Gasteiger partial charge on any atom is -0.496 e. The van der Waals surface area contributed by atoms with Crippen LogP contribution in [0.25, 0.3) is 23.3 Å². The van der Waals surface area contributed by atoms with Crippen molar-refractivity contribution >= 4 is 36.3 Å². The number of esters is 3. The highest BCUT2D eigenvalue weighted by atomic mass is 16.5. The minimum atomic E-state index is -0.623. The highest BCUT2D eigenvalue weighted by molar-refractivity contribution is 5.88. The zero-order valence-corrected chi connectivity index (χ0v) is 22.4. The van der Waals surface area contributed by atoms with E-state index in [1.165, 1.54) is 13.2 Å². The number of hydrogen-bond donors (Lipinski definition) is 0. The summed E-state index contributed by atoms with van der Waals surface area (Å²) in [5.41, 5.74) is 2.76. The lowest BCUT2D eigenvalue weighted by Gasteiger charge is -2.14. The second-order valence-corrected chi connectivity index (χ2v) is 7.76. The van der Waals surface area contributed by atoms with Crippen LogP contribution >= 0.6 is 0 Å². The molecule has 0 unspecified atom stereocenters. The van der Waals surface area contributed by atoms with Gasteiger partial charge < -0.3 is 18.9 Å². The molecule has 0 fully saturated rings. The first kappa shape index (κ1) is 31.5. The molecule has 0 aromatic heterocycles. The smallest absolute Gasteiger partial charge is 0.335 e. The third kappa shape index (κ3) is 9.81. The number of carbonyl (C=O) groups is 4. The van der Waals surface area contributed by atoms with Crippen molar-refractivity contribution in [2.24, 2.45) is 0 Å². The van der Waals surface area contributed by atoms with Crippen LogP contribution in [0.5, 0.6) is 23.0 Å². The average Bonchev–Trinajstić information content (AvgIpc) is 3.01. The highest BCUT2D eigenvalue weighted by Gasteiger charge is 2.15. The van der Waals surface area contributed by atoms with Crippen LogP contribution in [0.4, 0.5) is 0 Å². The molecule has 0 aliphatic carbocycles. The van der Waals surface area contributed by atoms with Crippen LogP contribution in [0.1, 0.15) is 11.1 Å². The summed E-state index contributed by atoms with van der Waals surface area (Å²) in [6, 6.07) is 17.0. The van der Waals surface area contributed by atoms with Crippen molar-refractivity contribution in [1.29, 1.82) is 0 Å². The molecular weight excluding hydrogens is 524 g/mol.